The molecule has 0 N–H and O–H groups in total. The molecule has 2 aliphatic rings. The SMILES string of the molecule is Cc1cnn(C[C@@H]2CCCCN2C(=O)[C@H]2COc3ccccc3O2)c1. The molecule has 25 heavy (non-hydrogen) atoms. The topological polar surface area (TPSA) is 56.6 Å². The Bertz CT molecular complexity index is 758. The number of nitrogens with zero attached hydrogens (tertiary/aromatic N) is 3. The van der Waals surface area contributed by atoms with Crippen LogP contribution >= 0.6 is 0 Å². The fourth-order valence-corrected chi connectivity index (χ4v) is 3.59. The molecule has 2 atom stereocenters. The summed E-state index contributed by atoms with van der Waals surface area (Å²) in [6.07, 6.45) is 6.46. The fourth-order valence-electron chi connectivity index (χ4n) is 3.59. The van der Waals surface area contributed by atoms with Crippen LogP contribution in [0, 0.1) is 6.92 Å². The van der Waals surface area contributed by atoms with Crippen molar-refractivity contribution in [3.63, 3.8) is 0 Å². The Hall–Kier alpha value is -2.50. The molecule has 6 nitrogen and oxygen atoms in total. The molecule has 0 spiro atoms. The van der Waals surface area contributed by atoms with E-state index in [1.165, 1.54) is 0 Å². The Balaban J connectivity index is 1.47. The molecule has 4 rings (SSSR count). The zero-order chi connectivity index (χ0) is 17.2. The van der Waals surface area contributed by atoms with E-state index >= 15 is 0 Å². The van der Waals surface area contributed by atoms with Gasteiger partial charge in [0.15, 0.2) is 11.5 Å². The Morgan fingerprint density at radius 3 is 2.92 bits per heavy atom. The monoisotopic (exact) mass is 341 g/mol. The van der Waals surface area contributed by atoms with Crippen LogP contribution in [0.3, 0.4) is 0 Å². The van der Waals surface area contributed by atoms with Crippen LogP contribution in [0.4, 0.5) is 0 Å². The average Bonchev–Trinajstić information content (AvgIpc) is 3.06. The lowest BCUT2D eigenvalue weighted by molar-refractivity contribution is -0.145. The molecule has 0 unspecified atom stereocenters. The van der Waals surface area contributed by atoms with Gasteiger partial charge in [-0.3, -0.25) is 9.48 Å². The van der Waals surface area contributed by atoms with Crippen molar-refractivity contribution in [2.45, 2.75) is 44.9 Å². The van der Waals surface area contributed by atoms with Crippen molar-refractivity contribution in [2.24, 2.45) is 0 Å². The standard InChI is InChI=1S/C19H23N3O3/c1-14-10-20-21(11-14)12-15-6-4-5-9-22(15)19(23)18-13-24-16-7-2-3-8-17(16)25-18/h2-3,7-8,10-11,15,18H,4-6,9,12-13H2,1H3/t15-,18+/m0/s1. The second-order valence-electron chi connectivity index (χ2n) is 6.79. The lowest BCUT2D eigenvalue weighted by atomic mass is 10.0. The highest BCUT2D eigenvalue weighted by Gasteiger charge is 2.35. The highest BCUT2D eigenvalue weighted by molar-refractivity contribution is 5.82. The molecule has 1 fully saturated rings. The maximum atomic E-state index is 13.1. The molecule has 0 saturated carbocycles. The van der Waals surface area contributed by atoms with E-state index in [9.17, 15) is 4.79 Å². The van der Waals surface area contributed by atoms with Gasteiger partial charge >= 0.3 is 0 Å². The number of para-hydroxylation sites is 2. The van der Waals surface area contributed by atoms with Crippen LogP contribution in [0.1, 0.15) is 24.8 Å². The van der Waals surface area contributed by atoms with E-state index in [4.69, 9.17) is 9.47 Å². The Kier molecular flexibility index (Phi) is 4.34. The number of hydrogen-bond acceptors (Lipinski definition) is 4. The number of aryl methyl sites for hydroxylation is 1. The number of piperidine rings is 1. The van der Waals surface area contributed by atoms with Gasteiger partial charge in [-0.15, -0.1) is 0 Å². The second kappa shape index (κ2) is 6.78. The van der Waals surface area contributed by atoms with Crippen molar-refractivity contribution < 1.29 is 14.3 Å². The van der Waals surface area contributed by atoms with Crippen molar-refractivity contribution in [3.05, 3.63) is 42.2 Å². The third kappa shape index (κ3) is 3.34. The number of carbonyl (C=O) groups excluding carboxylic acids is 1. The first kappa shape index (κ1) is 16.0. The van der Waals surface area contributed by atoms with Gasteiger partial charge in [0.05, 0.1) is 18.8 Å². The van der Waals surface area contributed by atoms with Crippen LogP contribution in [0.2, 0.25) is 0 Å². The number of rotatable bonds is 3. The zero-order valence-electron chi connectivity index (χ0n) is 14.4. The molecule has 132 valence electrons. The summed E-state index contributed by atoms with van der Waals surface area (Å²) in [4.78, 5) is 15.0. The maximum absolute atomic E-state index is 13.1. The number of benzene rings is 1. The summed E-state index contributed by atoms with van der Waals surface area (Å²) in [6.45, 7) is 3.78. The van der Waals surface area contributed by atoms with Crippen molar-refractivity contribution in [1.82, 2.24) is 14.7 Å². The Labute approximate surface area is 147 Å². The fraction of sp³-hybridized carbons (Fsp3) is 0.474. The van der Waals surface area contributed by atoms with E-state index in [0.29, 0.717) is 11.5 Å². The largest absolute Gasteiger partial charge is 0.485 e. The number of fused-ring (bicyclic) bond motifs is 1. The molecule has 1 saturated heterocycles. The Morgan fingerprint density at radius 2 is 2.12 bits per heavy atom. The van der Waals surface area contributed by atoms with E-state index in [2.05, 4.69) is 5.10 Å². The van der Waals surface area contributed by atoms with Gasteiger partial charge in [-0.2, -0.15) is 5.10 Å². The van der Waals surface area contributed by atoms with Crippen LogP contribution in [0.15, 0.2) is 36.7 Å². The molecular weight excluding hydrogens is 318 g/mol. The molecule has 6 heteroatoms. The van der Waals surface area contributed by atoms with Crippen molar-refractivity contribution in [2.75, 3.05) is 13.2 Å². The first-order valence-corrected chi connectivity index (χ1v) is 8.89. The van der Waals surface area contributed by atoms with Gasteiger partial charge in [0.25, 0.3) is 5.91 Å². The summed E-state index contributed by atoms with van der Waals surface area (Å²) in [6, 6.07) is 7.64. The van der Waals surface area contributed by atoms with Crippen LogP contribution < -0.4 is 9.47 Å². The molecule has 1 amide bonds. The van der Waals surface area contributed by atoms with Crippen molar-refractivity contribution >= 4 is 5.91 Å². The lowest BCUT2D eigenvalue weighted by Gasteiger charge is -2.38. The van der Waals surface area contributed by atoms with Gasteiger partial charge in [0.2, 0.25) is 6.10 Å². The molecule has 2 aliphatic heterocycles. The molecule has 3 heterocycles. The first-order valence-electron chi connectivity index (χ1n) is 8.89. The van der Waals surface area contributed by atoms with Crippen molar-refractivity contribution in [1.29, 1.82) is 0 Å². The molecule has 1 aromatic carbocycles. The van der Waals surface area contributed by atoms with E-state index < -0.39 is 6.10 Å². The lowest BCUT2D eigenvalue weighted by Crippen LogP contribution is -2.53. The number of ether oxygens (including phenoxy) is 2. The summed E-state index contributed by atoms with van der Waals surface area (Å²) in [5.74, 6) is 1.36. The third-order valence-electron chi connectivity index (χ3n) is 4.85. The van der Waals surface area contributed by atoms with E-state index in [0.717, 1.165) is 37.9 Å². The summed E-state index contributed by atoms with van der Waals surface area (Å²) in [5.41, 5.74) is 1.13. The van der Waals surface area contributed by atoms with Crippen LogP contribution in [-0.4, -0.2) is 45.9 Å². The molecule has 1 aromatic heterocycles. The van der Waals surface area contributed by atoms with Gasteiger partial charge in [-0.05, 0) is 43.9 Å². The summed E-state index contributed by atoms with van der Waals surface area (Å²) < 4.78 is 13.6. The van der Waals surface area contributed by atoms with Gasteiger partial charge in [-0.1, -0.05) is 12.1 Å². The van der Waals surface area contributed by atoms with Crippen molar-refractivity contribution in [3.8, 4) is 11.5 Å². The minimum atomic E-state index is -0.574. The normalized spacial score (nSPS) is 22.7. The van der Waals surface area contributed by atoms with Gasteiger partial charge in [0, 0.05) is 12.7 Å². The predicted octanol–water partition coefficient (Wildman–Crippen LogP) is 2.41. The van der Waals surface area contributed by atoms with Crippen LogP contribution in [0.25, 0.3) is 0 Å². The van der Waals surface area contributed by atoms with Crippen LogP contribution in [0.5, 0.6) is 11.5 Å². The van der Waals surface area contributed by atoms with E-state index in [1.807, 2.05) is 53.2 Å². The predicted molar refractivity (Wildman–Crippen MR) is 92.7 cm³/mol. The summed E-state index contributed by atoms with van der Waals surface area (Å²) >= 11 is 0. The summed E-state index contributed by atoms with van der Waals surface area (Å²) in [5, 5.41) is 4.37. The number of likely N-dealkylation sites (tertiary alicyclic amines) is 1. The smallest absolute Gasteiger partial charge is 0.267 e. The highest BCUT2D eigenvalue weighted by Crippen LogP contribution is 2.32. The van der Waals surface area contributed by atoms with E-state index in [-0.39, 0.29) is 18.6 Å². The number of amides is 1. The third-order valence-corrected chi connectivity index (χ3v) is 4.85. The molecule has 0 aliphatic carbocycles. The molecular formula is C19H23N3O3. The highest BCUT2D eigenvalue weighted by atomic mass is 16.6. The first-order chi connectivity index (χ1) is 12.2. The van der Waals surface area contributed by atoms with Gasteiger partial charge in [0.1, 0.15) is 6.61 Å². The second-order valence-corrected chi connectivity index (χ2v) is 6.79. The quantitative estimate of drug-likeness (QED) is 0.860. The average molecular weight is 341 g/mol. The van der Waals surface area contributed by atoms with E-state index in [1.54, 1.807) is 0 Å². The van der Waals surface area contributed by atoms with Crippen LogP contribution in [-0.2, 0) is 11.3 Å². The minimum absolute atomic E-state index is 0.0167. The van der Waals surface area contributed by atoms with Gasteiger partial charge < -0.3 is 14.4 Å². The molecule has 0 bridgehead atoms. The number of aromatic nitrogens is 2. The Morgan fingerprint density at radius 1 is 1.28 bits per heavy atom. The molecule has 0 radical (unpaired) electrons. The molecule has 2 aromatic rings. The summed E-state index contributed by atoms with van der Waals surface area (Å²) in [7, 11) is 0. The maximum Gasteiger partial charge on any atom is 0.267 e. The van der Waals surface area contributed by atoms with Gasteiger partial charge in [-0.25, -0.2) is 0 Å². The number of carbonyl (C=O) groups is 1. The minimum Gasteiger partial charge on any atom is -0.485 e. The number of hydrogen-bond donors (Lipinski definition) is 0. The zero-order valence-corrected chi connectivity index (χ0v) is 14.4.